The van der Waals surface area contributed by atoms with Gasteiger partial charge in [0.2, 0.25) is 10.0 Å². The summed E-state index contributed by atoms with van der Waals surface area (Å²) in [5.74, 6) is 0. The van der Waals surface area contributed by atoms with Crippen molar-refractivity contribution in [2.75, 3.05) is 20.6 Å². The molecule has 0 bridgehead atoms. The predicted molar refractivity (Wildman–Crippen MR) is 82.1 cm³/mol. The molecule has 0 spiro atoms. The minimum atomic E-state index is -3.40. The highest BCUT2D eigenvalue weighted by molar-refractivity contribution is 7.89. The van der Waals surface area contributed by atoms with Crippen LogP contribution in [0.3, 0.4) is 0 Å². The van der Waals surface area contributed by atoms with Crippen LogP contribution >= 0.6 is 0 Å². The topological polar surface area (TPSA) is 54.3 Å². The molecule has 114 valence electrons. The third-order valence-electron chi connectivity index (χ3n) is 3.25. The summed E-state index contributed by atoms with van der Waals surface area (Å²) in [6, 6.07) is 1.75. The van der Waals surface area contributed by atoms with Crippen LogP contribution in [-0.2, 0) is 23.1 Å². The first-order chi connectivity index (χ1) is 9.47. The van der Waals surface area contributed by atoms with E-state index < -0.39 is 10.0 Å². The zero-order chi connectivity index (χ0) is 15.2. The molecule has 1 aromatic rings. The van der Waals surface area contributed by atoms with Gasteiger partial charge < -0.3 is 9.88 Å². The normalized spacial score (nSPS) is 12.0. The highest BCUT2D eigenvalue weighted by atomic mass is 32.2. The maximum atomic E-state index is 12.5. The van der Waals surface area contributed by atoms with Gasteiger partial charge in [0.25, 0.3) is 0 Å². The van der Waals surface area contributed by atoms with E-state index in [4.69, 9.17) is 0 Å². The van der Waals surface area contributed by atoms with Crippen LogP contribution in [0.25, 0.3) is 0 Å². The second-order valence-corrected chi connectivity index (χ2v) is 6.79. The predicted octanol–water partition coefficient (Wildman–Crippen LogP) is 1.81. The Hall–Kier alpha value is -1.11. The molecule has 0 unspecified atom stereocenters. The number of nitrogens with zero attached hydrogens (tertiary/aromatic N) is 2. The molecule has 6 heteroatoms. The first kappa shape index (κ1) is 16.9. The molecule has 0 radical (unpaired) electrons. The van der Waals surface area contributed by atoms with Gasteiger partial charge in [-0.25, -0.2) is 12.7 Å². The van der Waals surface area contributed by atoms with Crippen LogP contribution in [-0.4, -0.2) is 37.9 Å². The summed E-state index contributed by atoms with van der Waals surface area (Å²) in [5.41, 5.74) is 0.980. The Morgan fingerprint density at radius 1 is 1.50 bits per heavy atom. The van der Waals surface area contributed by atoms with Gasteiger partial charge in [0.15, 0.2) is 0 Å². The Bertz CT molecular complexity index is 535. The molecule has 0 fully saturated rings. The van der Waals surface area contributed by atoms with Gasteiger partial charge in [0.1, 0.15) is 4.90 Å². The third kappa shape index (κ3) is 3.94. The molecule has 5 nitrogen and oxygen atoms in total. The van der Waals surface area contributed by atoms with E-state index in [2.05, 4.69) is 11.9 Å². The summed E-state index contributed by atoms with van der Waals surface area (Å²) < 4.78 is 28.3. The summed E-state index contributed by atoms with van der Waals surface area (Å²) in [4.78, 5) is 0.366. The monoisotopic (exact) mass is 299 g/mol. The van der Waals surface area contributed by atoms with E-state index in [1.807, 2.05) is 18.5 Å². The maximum absolute atomic E-state index is 12.5. The minimum absolute atomic E-state index is 0.366. The highest BCUT2D eigenvalue weighted by Crippen LogP contribution is 2.18. The zero-order valence-corrected chi connectivity index (χ0v) is 13.4. The van der Waals surface area contributed by atoms with Crippen molar-refractivity contribution < 1.29 is 8.42 Å². The average molecular weight is 299 g/mol. The number of hydrogen-bond donors (Lipinski definition) is 1. The summed E-state index contributed by atoms with van der Waals surface area (Å²) in [5, 5.41) is 3.05. The second kappa shape index (κ2) is 7.61. The SMILES string of the molecule is C=CCCCN(C)S(=O)(=O)c1cc(CNC)n(CC)c1. The van der Waals surface area contributed by atoms with Gasteiger partial charge in [-0.1, -0.05) is 6.08 Å². The summed E-state index contributed by atoms with van der Waals surface area (Å²) in [6.45, 7) is 7.57. The summed E-state index contributed by atoms with van der Waals surface area (Å²) in [7, 11) is 0.0751. The van der Waals surface area contributed by atoms with Gasteiger partial charge in [-0.15, -0.1) is 6.58 Å². The second-order valence-electron chi connectivity index (χ2n) is 4.74. The van der Waals surface area contributed by atoms with Crippen molar-refractivity contribution in [3.63, 3.8) is 0 Å². The molecule has 0 atom stereocenters. The number of rotatable bonds is 9. The van der Waals surface area contributed by atoms with Crippen molar-refractivity contribution in [1.82, 2.24) is 14.2 Å². The van der Waals surface area contributed by atoms with Gasteiger partial charge in [-0.3, -0.25) is 0 Å². The number of nitrogens with one attached hydrogen (secondary N) is 1. The van der Waals surface area contributed by atoms with E-state index in [1.165, 1.54) is 4.31 Å². The van der Waals surface area contributed by atoms with E-state index >= 15 is 0 Å². The van der Waals surface area contributed by atoms with Crippen molar-refractivity contribution in [1.29, 1.82) is 0 Å². The van der Waals surface area contributed by atoms with Crippen molar-refractivity contribution in [3.8, 4) is 0 Å². The molecule has 1 rings (SSSR count). The lowest BCUT2D eigenvalue weighted by Crippen LogP contribution is -2.27. The van der Waals surface area contributed by atoms with Crippen LogP contribution in [0.5, 0.6) is 0 Å². The molecular formula is C14H25N3O2S. The Morgan fingerprint density at radius 2 is 2.20 bits per heavy atom. The maximum Gasteiger partial charge on any atom is 0.244 e. The van der Waals surface area contributed by atoms with Gasteiger partial charge in [-0.2, -0.15) is 0 Å². The number of unbranched alkanes of at least 4 members (excludes halogenated alkanes) is 1. The molecule has 0 saturated heterocycles. The van der Waals surface area contributed by atoms with Crippen LogP contribution in [0, 0.1) is 0 Å². The lowest BCUT2D eigenvalue weighted by molar-refractivity contribution is 0.462. The quantitative estimate of drug-likeness (QED) is 0.559. The van der Waals surface area contributed by atoms with E-state index in [0.29, 0.717) is 18.0 Å². The fourth-order valence-corrected chi connectivity index (χ4v) is 3.32. The number of sulfonamides is 1. The Balaban J connectivity index is 2.93. The van der Waals surface area contributed by atoms with Crippen LogP contribution in [0.4, 0.5) is 0 Å². The van der Waals surface area contributed by atoms with Gasteiger partial charge >= 0.3 is 0 Å². The van der Waals surface area contributed by atoms with Gasteiger partial charge in [0.05, 0.1) is 0 Å². The Morgan fingerprint density at radius 3 is 2.75 bits per heavy atom. The number of allylic oxidation sites excluding steroid dienone is 1. The zero-order valence-electron chi connectivity index (χ0n) is 12.6. The molecule has 0 aliphatic carbocycles. The summed E-state index contributed by atoms with van der Waals surface area (Å²) >= 11 is 0. The number of aromatic nitrogens is 1. The summed E-state index contributed by atoms with van der Waals surface area (Å²) in [6.07, 6.45) is 5.13. The Labute approximate surface area is 122 Å². The molecule has 0 aliphatic rings. The van der Waals surface area contributed by atoms with E-state index in [9.17, 15) is 8.42 Å². The first-order valence-electron chi connectivity index (χ1n) is 6.88. The Kier molecular flexibility index (Phi) is 6.45. The molecule has 1 N–H and O–H groups in total. The smallest absolute Gasteiger partial charge is 0.244 e. The minimum Gasteiger partial charge on any atom is -0.349 e. The van der Waals surface area contributed by atoms with Crippen LogP contribution < -0.4 is 5.32 Å². The third-order valence-corrected chi connectivity index (χ3v) is 5.07. The lowest BCUT2D eigenvalue weighted by atomic mass is 10.3. The molecule has 0 saturated carbocycles. The van der Waals surface area contributed by atoms with E-state index in [1.54, 1.807) is 25.4 Å². The van der Waals surface area contributed by atoms with Crippen molar-refractivity contribution in [2.45, 2.75) is 37.8 Å². The van der Waals surface area contributed by atoms with Crippen LogP contribution in [0.15, 0.2) is 29.8 Å². The first-order valence-corrected chi connectivity index (χ1v) is 8.32. The van der Waals surface area contributed by atoms with Crippen LogP contribution in [0.2, 0.25) is 0 Å². The number of hydrogen-bond acceptors (Lipinski definition) is 3. The molecule has 0 aromatic carbocycles. The highest BCUT2D eigenvalue weighted by Gasteiger charge is 2.22. The molecular weight excluding hydrogens is 274 g/mol. The van der Waals surface area contributed by atoms with Crippen molar-refractivity contribution >= 4 is 10.0 Å². The molecule has 1 aromatic heterocycles. The van der Waals surface area contributed by atoms with Crippen LogP contribution in [0.1, 0.15) is 25.5 Å². The molecule has 0 aliphatic heterocycles. The fourth-order valence-electron chi connectivity index (χ4n) is 2.05. The fraction of sp³-hybridized carbons (Fsp3) is 0.571. The van der Waals surface area contributed by atoms with E-state index in [0.717, 1.165) is 25.1 Å². The average Bonchev–Trinajstić information content (AvgIpc) is 2.83. The van der Waals surface area contributed by atoms with Crippen molar-refractivity contribution in [2.24, 2.45) is 0 Å². The van der Waals surface area contributed by atoms with Gasteiger partial charge in [0, 0.05) is 38.6 Å². The lowest BCUT2D eigenvalue weighted by Gasteiger charge is -2.15. The molecule has 0 amide bonds. The van der Waals surface area contributed by atoms with Gasteiger partial charge in [-0.05, 0) is 32.9 Å². The standard InChI is InChI=1S/C14H25N3O2S/c1-5-7-8-9-16(4)20(18,19)14-10-13(11-15-3)17(6-2)12-14/h5,10,12,15H,1,6-9,11H2,2-4H3. The van der Waals surface area contributed by atoms with E-state index in [-0.39, 0.29) is 0 Å². The van der Waals surface area contributed by atoms with Crippen molar-refractivity contribution in [3.05, 3.63) is 30.6 Å². The molecule has 1 heterocycles. The largest absolute Gasteiger partial charge is 0.349 e. The number of aryl methyl sites for hydroxylation is 1. The molecule has 20 heavy (non-hydrogen) atoms.